The first-order chi connectivity index (χ1) is 9.58. The predicted octanol–water partition coefficient (Wildman–Crippen LogP) is 3.88. The van der Waals surface area contributed by atoms with Crippen LogP contribution in [0.1, 0.15) is 57.1 Å². The van der Waals surface area contributed by atoms with E-state index >= 15 is 0 Å². The molecule has 3 heteroatoms. The van der Waals surface area contributed by atoms with Crippen LogP contribution in [0, 0.1) is 5.92 Å². The first-order valence-corrected chi connectivity index (χ1v) is 7.62. The third-order valence-electron chi connectivity index (χ3n) is 4.54. The normalized spacial score (nSPS) is 17.7. The first-order valence-electron chi connectivity index (χ1n) is 7.62. The van der Waals surface area contributed by atoms with E-state index in [0.717, 1.165) is 5.56 Å². The second kappa shape index (κ2) is 6.78. The predicted molar refractivity (Wildman–Crippen MR) is 80.5 cm³/mol. The Balaban J connectivity index is 1.93. The zero-order valence-corrected chi connectivity index (χ0v) is 12.5. The maximum Gasteiger partial charge on any atom is 0.223 e. The van der Waals surface area contributed by atoms with Crippen molar-refractivity contribution in [2.75, 3.05) is 7.05 Å². The fraction of sp³-hybridized carbons (Fsp3) is 0.588. The molecule has 1 unspecified atom stereocenters. The quantitative estimate of drug-likeness (QED) is 0.905. The van der Waals surface area contributed by atoms with Gasteiger partial charge in [-0.15, -0.1) is 0 Å². The molecule has 2 rings (SSSR count). The van der Waals surface area contributed by atoms with Crippen LogP contribution in [0.2, 0.25) is 0 Å². The monoisotopic (exact) mass is 275 g/mol. The van der Waals surface area contributed by atoms with Gasteiger partial charge in [-0.2, -0.15) is 0 Å². The second-order valence-corrected chi connectivity index (χ2v) is 5.98. The maximum atomic E-state index is 12.4. The molecule has 1 atom stereocenters. The number of benzene rings is 1. The molecule has 0 saturated heterocycles. The van der Waals surface area contributed by atoms with Crippen molar-refractivity contribution in [3.05, 3.63) is 29.8 Å². The minimum atomic E-state index is 0.0479. The topological polar surface area (TPSA) is 40.5 Å². The molecule has 110 valence electrons. The third-order valence-corrected chi connectivity index (χ3v) is 4.54. The zero-order valence-electron chi connectivity index (χ0n) is 12.5. The van der Waals surface area contributed by atoms with E-state index in [1.54, 1.807) is 12.1 Å². The van der Waals surface area contributed by atoms with Crippen molar-refractivity contribution < 1.29 is 9.90 Å². The summed E-state index contributed by atoms with van der Waals surface area (Å²) in [5.74, 6) is 1.07. The number of rotatable bonds is 4. The summed E-state index contributed by atoms with van der Waals surface area (Å²) in [5, 5.41) is 9.32. The molecular formula is C17H25NO2. The molecule has 0 aromatic heterocycles. The Morgan fingerprint density at radius 1 is 1.25 bits per heavy atom. The Labute approximate surface area is 121 Å². The highest BCUT2D eigenvalue weighted by Crippen LogP contribution is 2.28. The fourth-order valence-corrected chi connectivity index (χ4v) is 2.97. The van der Waals surface area contributed by atoms with Crippen molar-refractivity contribution in [3.63, 3.8) is 0 Å². The Bertz CT molecular complexity index is 435. The fourth-order valence-electron chi connectivity index (χ4n) is 2.97. The van der Waals surface area contributed by atoms with Crippen LogP contribution in [-0.2, 0) is 4.79 Å². The van der Waals surface area contributed by atoms with Crippen LogP contribution < -0.4 is 0 Å². The van der Waals surface area contributed by atoms with E-state index in [4.69, 9.17) is 0 Å². The van der Waals surface area contributed by atoms with Gasteiger partial charge in [-0.25, -0.2) is 0 Å². The van der Waals surface area contributed by atoms with E-state index in [0.29, 0.717) is 12.3 Å². The lowest BCUT2D eigenvalue weighted by atomic mass is 9.86. The van der Waals surface area contributed by atoms with Gasteiger partial charge in [0.15, 0.2) is 0 Å². The maximum absolute atomic E-state index is 12.4. The molecule has 1 amide bonds. The van der Waals surface area contributed by atoms with Gasteiger partial charge in [-0.05, 0) is 43.4 Å². The molecule has 1 fully saturated rings. The molecule has 0 spiro atoms. The average molecular weight is 275 g/mol. The molecule has 0 bridgehead atoms. The number of hydrogen-bond acceptors (Lipinski definition) is 2. The molecule has 1 saturated carbocycles. The Hall–Kier alpha value is -1.51. The van der Waals surface area contributed by atoms with Crippen LogP contribution in [0.25, 0.3) is 0 Å². The Morgan fingerprint density at radius 3 is 2.45 bits per heavy atom. The summed E-state index contributed by atoms with van der Waals surface area (Å²) in [5.41, 5.74) is 1.06. The first kappa shape index (κ1) is 14.9. The molecule has 1 aromatic carbocycles. The van der Waals surface area contributed by atoms with Crippen molar-refractivity contribution in [2.24, 2.45) is 5.92 Å². The smallest absolute Gasteiger partial charge is 0.223 e. The molecule has 0 radical (unpaired) electrons. The number of phenols is 1. The van der Waals surface area contributed by atoms with E-state index in [1.807, 2.05) is 31.0 Å². The minimum absolute atomic E-state index is 0.0479. The average Bonchev–Trinajstić information content (AvgIpc) is 2.47. The van der Waals surface area contributed by atoms with Gasteiger partial charge in [-0.1, -0.05) is 31.4 Å². The molecule has 20 heavy (non-hydrogen) atoms. The van der Waals surface area contributed by atoms with E-state index in [-0.39, 0.29) is 17.7 Å². The lowest BCUT2D eigenvalue weighted by molar-refractivity contribution is -0.133. The molecule has 1 aliphatic carbocycles. The summed E-state index contributed by atoms with van der Waals surface area (Å²) in [6.45, 7) is 2.03. The number of carbonyl (C=O) groups excluding carboxylic acids is 1. The van der Waals surface area contributed by atoms with Gasteiger partial charge in [-0.3, -0.25) is 4.79 Å². The lowest BCUT2D eigenvalue weighted by Crippen LogP contribution is -2.31. The van der Waals surface area contributed by atoms with Crippen LogP contribution in [0.15, 0.2) is 24.3 Å². The summed E-state index contributed by atoms with van der Waals surface area (Å²) in [7, 11) is 1.88. The molecule has 3 nitrogen and oxygen atoms in total. The van der Waals surface area contributed by atoms with Crippen LogP contribution >= 0.6 is 0 Å². The van der Waals surface area contributed by atoms with Gasteiger partial charge < -0.3 is 10.0 Å². The van der Waals surface area contributed by atoms with Crippen molar-refractivity contribution in [1.29, 1.82) is 0 Å². The van der Waals surface area contributed by atoms with Gasteiger partial charge in [0.25, 0.3) is 0 Å². The van der Waals surface area contributed by atoms with Gasteiger partial charge in [0.2, 0.25) is 5.91 Å². The summed E-state index contributed by atoms with van der Waals surface area (Å²) < 4.78 is 0. The highest BCUT2D eigenvalue weighted by Gasteiger charge is 2.22. The van der Waals surface area contributed by atoms with Crippen LogP contribution in [0.3, 0.4) is 0 Å². The van der Waals surface area contributed by atoms with E-state index in [9.17, 15) is 9.90 Å². The summed E-state index contributed by atoms with van der Waals surface area (Å²) >= 11 is 0. The molecule has 1 aromatic rings. The number of hydrogen-bond donors (Lipinski definition) is 1. The highest BCUT2D eigenvalue weighted by molar-refractivity contribution is 5.76. The van der Waals surface area contributed by atoms with Gasteiger partial charge in [0.1, 0.15) is 5.75 Å². The number of phenolic OH excluding ortho intramolecular Hbond substituents is 1. The van der Waals surface area contributed by atoms with Gasteiger partial charge in [0.05, 0.1) is 6.04 Å². The summed E-state index contributed by atoms with van der Waals surface area (Å²) in [4.78, 5) is 14.2. The number of aromatic hydroxyl groups is 1. The standard InChI is InChI=1S/C17H25NO2/c1-13(15-8-10-16(19)11-9-15)18(2)17(20)12-14-6-4-3-5-7-14/h8-11,13-14,19H,3-7,12H2,1-2H3. The highest BCUT2D eigenvalue weighted by atomic mass is 16.3. The molecule has 0 aliphatic heterocycles. The Morgan fingerprint density at radius 2 is 1.85 bits per heavy atom. The molecular weight excluding hydrogens is 250 g/mol. The van der Waals surface area contributed by atoms with Crippen LogP contribution in [0.5, 0.6) is 5.75 Å². The van der Waals surface area contributed by atoms with E-state index in [1.165, 1.54) is 32.1 Å². The third kappa shape index (κ3) is 3.75. The summed E-state index contributed by atoms with van der Waals surface area (Å²) in [6.07, 6.45) is 6.95. The van der Waals surface area contributed by atoms with E-state index < -0.39 is 0 Å². The van der Waals surface area contributed by atoms with E-state index in [2.05, 4.69) is 0 Å². The van der Waals surface area contributed by atoms with Gasteiger partial charge >= 0.3 is 0 Å². The second-order valence-electron chi connectivity index (χ2n) is 5.98. The van der Waals surface area contributed by atoms with Crippen LogP contribution in [0.4, 0.5) is 0 Å². The molecule has 0 heterocycles. The minimum Gasteiger partial charge on any atom is -0.508 e. The number of amides is 1. The largest absolute Gasteiger partial charge is 0.508 e. The summed E-state index contributed by atoms with van der Waals surface area (Å²) in [6, 6.07) is 7.15. The van der Waals surface area contributed by atoms with Crippen molar-refractivity contribution in [1.82, 2.24) is 4.90 Å². The zero-order chi connectivity index (χ0) is 14.5. The van der Waals surface area contributed by atoms with Crippen molar-refractivity contribution >= 4 is 5.91 Å². The molecule has 1 aliphatic rings. The number of nitrogens with zero attached hydrogens (tertiary/aromatic N) is 1. The SMILES string of the molecule is CC(c1ccc(O)cc1)N(C)C(=O)CC1CCCCC1. The van der Waals surface area contributed by atoms with Crippen molar-refractivity contribution in [3.8, 4) is 5.75 Å². The van der Waals surface area contributed by atoms with Crippen LogP contribution in [-0.4, -0.2) is 23.0 Å². The number of carbonyl (C=O) groups is 1. The lowest BCUT2D eigenvalue weighted by Gasteiger charge is -2.28. The molecule has 1 N–H and O–H groups in total. The van der Waals surface area contributed by atoms with Gasteiger partial charge in [0, 0.05) is 13.5 Å². The van der Waals surface area contributed by atoms with Crippen molar-refractivity contribution in [2.45, 2.75) is 51.5 Å². The Kier molecular flexibility index (Phi) is 5.05.